The fourth-order valence-electron chi connectivity index (χ4n) is 8.56. The zero-order chi connectivity index (χ0) is 39.6. The Balaban J connectivity index is 0.983. The minimum Gasteiger partial charge on any atom is -0.247 e. The first-order valence-corrected chi connectivity index (χ1v) is 21.7. The van der Waals surface area contributed by atoms with Gasteiger partial charge in [0.25, 0.3) is 0 Å². The molecule has 0 fully saturated rings. The van der Waals surface area contributed by atoms with Crippen LogP contribution in [0.1, 0.15) is 0 Å². The fraction of sp³-hybridized carbons (Fsp3) is 0. The van der Waals surface area contributed by atoms with Crippen LogP contribution in [0.4, 0.5) is 0 Å². The quantitative estimate of drug-likeness (QED) is 0.168. The van der Waals surface area contributed by atoms with Gasteiger partial charge in [0.2, 0.25) is 0 Å². The van der Waals surface area contributed by atoms with Crippen molar-refractivity contribution in [3.63, 3.8) is 0 Å². The molecule has 0 spiro atoms. The number of hydrogen-bond donors (Lipinski definition) is 0. The van der Waals surface area contributed by atoms with Crippen molar-refractivity contribution in [1.82, 2.24) is 15.0 Å². The Morgan fingerprint density at radius 3 is 1.70 bits per heavy atom. The molecule has 0 saturated carbocycles. The van der Waals surface area contributed by atoms with Crippen molar-refractivity contribution in [3.05, 3.63) is 200 Å². The van der Waals surface area contributed by atoms with Crippen molar-refractivity contribution in [2.24, 2.45) is 0 Å². The Morgan fingerprint density at radius 1 is 0.317 bits per heavy atom. The van der Waals surface area contributed by atoms with E-state index in [1.54, 1.807) is 0 Å². The van der Waals surface area contributed by atoms with Crippen LogP contribution < -0.4 is 0 Å². The molecular weight excluding hydrogens is 767 g/mol. The Labute approximate surface area is 354 Å². The standard InChI is InChI=1S/C55H33N3S2/c1-3-13-34(14-4-1)38-29-30-44-48(32-38)56-52(51-45-20-8-10-24-50(45)60-54(44)51)36-25-27-37(28-26-36)55-57-46(35-15-5-2-6-16-35)33-47(58-55)40-18-11-17-39(31-40)41-21-12-22-43-42-19-7-9-23-49(42)59-53(41)43/h1-33H. The summed E-state index contributed by atoms with van der Waals surface area (Å²) in [4.78, 5) is 15.9. The highest BCUT2D eigenvalue weighted by Crippen LogP contribution is 2.44. The largest absolute Gasteiger partial charge is 0.247 e. The van der Waals surface area contributed by atoms with Gasteiger partial charge in [0.15, 0.2) is 5.82 Å². The number of pyridine rings is 1. The van der Waals surface area contributed by atoms with E-state index in [1.165, 1.54) is 62.4 Å². The second-order valence-electron chi connectivity index (χ2n) is 15.1. The molecule has 5 heteroatoms. The normalized spacial score (nSPS) is 11.7. The van der Waals surface area contributed by atoms with Crippen LogP contribution in [0.2, 0.25) is 0 Å². The molecule has 3 nitrogen and oxygen atoms in total. The van der Waals surface area contributed by atoms with Gasteiger partial charge in [-0.1, -0.05) is 170 Å². The maximum atomic E-state index is 5.43. The number of nitrogens with zero attached hydrogens (tertiary/aromatic N) is 3. The van der Waals surface area contributed by atoms with Crippen LogP contribution in [0.3, 0.4) is 0 Å². The summed E-state index contributed by atoms with van der Waals surface area (Å²) in [6, 6.07) is 71.2. The Bertz CT molecular complexity index is 3590. The molecular formula is C55H33N3S2. The molecule has 0 unspecified atom stereocenters. The van der Waals surface area contributed by atoms with E-state index in [4.69, 9.17) is 15.0 Å². The lowest BCUT2D eigenvalue weighted by atomic mass is 9.98. The lowest BCUT2D eigenvalue weighted by Gasteiger charge is -2.12. The van der Waals surface area contributed by atoms with Gasteiger partial charge in [-0.3, -0.25) is 0 Å². The zero-order valence-corrected chi connectivity index (χ0v) is 33.8. The van der Waals surface area contributed by atoms with Crippen molar-refractivity contribution in [2.45, 2.75) is 0 Å². The Kier molecular flexibility index (Phi) is 8.22. The summed E-state index contributed by atoms with van der Waals surface area (Å²) < 4.78 is 5.12. The monoisotopic (exact) mass is 799 g/mol. The van der Waals surface area contributed by atoms with Crippen LogP contribution in [0.15, 0.2) is 200 Å². The second-order valence-corrected chi connectivity index (χ2v) is 17.2. The van der Waals surface area contributed by atoms with Crippen LogP contribution in [0.25, 0.3) is 119 Å². The molecule has 0 atom stereocenters. The smallest absolute Gasteiger partial charge is 0.160 e. The van der Waals surface area contributed by atoms with E-state index in [2.05, 4.69) is 194 Å². The number of thiophene rings is 2. The summed E-state index contributed by atoms with van der Waals surface area (Å²) >= 11 is 3.70. The van der Waals surface area contributed by atoms with Crippen molar-refractivity contribution in [3.8, 4) is 67.4 Å². The van der Waals surface area contributed by atoms with Gasteiger partial charge >= 0.3 is 0 Å². The SMILES string of the molecule is c1ccc(-c2ccc3c(c2)nc(-c2ccc(-c4nc(-c5ccccc5)cc(-c5cccc(-c6cccc7c6sc6ccccc67)c5)n4)cc2)c2c4ccccc4sc32)cc1. The van der Waals surface area contributed by atoms with Crippen LogP contribution >= 0.6 is 22.7 Å². The molecule has 280 valence electrons. The molecule has 0 radical (unpaired) electrons. The molecule has 0 saturated heterocycles. The number of aromatic nitrogens is 3. The van der Waals surface area contributed by atoms with Crippen LogP contribution in [0, 0.1) is 0 Å². The molecule has 0 N–H and O–H groups in total. The van der Waals surface area contributed by atoms with Crippen LogP contribution in [0.5, 0.6) is 0 Å². The third-order valence-electron chi connectivity index (χ3n) is 11.5. The van der Waals surface area contributed by atoms with Crippen LogP contribution in [-0.4, -0.2) is 15.0 Å². The summed E-state index contributed by atoms with van der Waals surface area (Å²) in [5.74, 6) is 0.681. The van der Waals surface area contributed by atoms with Gasteiger partial charge in [0, 0.05) is 68.0 Å². The second kappa shape index (κ2) is 14.2. The molecule has 0 aliphatic carbocycles. The third-order valence-corrected chi connectivity index (χ3v) is 13.9. The average Bonchev–Trinajstić information content (AvgIpc) is 3.91. The molecule has 60 heavy (non-hydrogen) atoms. The van der Waals surface area contributed by atoms with Crippen LogP contribution in [-0.2, 0) is 0 Å². The molecule has 4 aromatic heterocycles. The number of rotatable bonds is 6. The van der Waals surface area contributed by atoms with Gasteiger partial charge in [0.1, 0.15) is 0 Å². The van der Waals surface area contributed by atoms with Gasteiger partial charge < -0.3 is 0 Å². The summed E-state index contributed by atoms with van der Waals surface area (Å²) in [6.07, 6.45) is 0. The maximum absolute atomic E-state index is 5.43. The molecule has 0 aliphatic rings. The summed E-state index contributed by atoms with van der Waals surface area (Å²) in [7, 11) is 0. The molecule has 12 rings (SSSR count). The minimum absolute atomic E-state index is 0.681. The third kappa shape index (κ3) is 5.90. The van der Waals surface area contributed by atoms with Gasteiger partial charge in [0.05, 0.1) is 22.6 Å². The lowest BCUT2D eigenvalue weighted by molar-refractivity contribution is 1.18. The van der Waals surface area contributed by atoms with E-state index in [1.807, 2.05) is 28.7 Å². The Hall–Kier alpha value is -7.31. The summed E-state index contributed by atoms with van der Waals surface area (Å²) in [5.41, 5.74) is 12.6. The van der Waals surface area contributed by atoms with Gasteiger partial charge in [-0.25, -0.2) is 15.0 Å². The van der Waals surface area contributed by atoms with Gasteiger partial charge in [-0.05, 0) is 52.6 Å². The topological polar surface area (TPSA) is 38.7 Å². The first-order valence-electron chi connectivity index (χ1n) is 20.1. The van der Waals surface area contributed by atoms with E-state index in [0.717, 1.165) is 50.4 Å². The highest BCUT2D eigenvalue weighted by Gasteiger charge is 2.18. The molecule has 0 aliphatic heterocycles. The predicted octanol–water partition coefficient (Wildman–Crippen LogP) is 15.8. The van der Waals surface area contributed by atoms with Crippen molar-refractivity contribution in [2.75, 3.05) is 0 Å². The Morgan fingerprint density at radius 2 is 0.900 bits per heavy atom. The van der Waals surface area contributed by atoms with Crippen molar-refractivity contribution < 1.29 is 0 Å². The van der Waals surface area contributed by atoms with E-state index in [0.29, 0.717) is 5.82 Å². The first kappa shape index (κ1) is 34.7. The molecule has 4 heterocycles. The maximum Gasteiger partial charge on any atom is 0.160 e. The summed E-state index contributed by atoms with van der Waals surface area (Å²) in [5, 5.41) is 6.19. The minimum atomic E-state index is 0.681. The molecule has 8 aromatic carbocycles. The van der Waals surface area contributed by atoms with E-state index < -0.39 is 0 Å². The van der Waals surface area contributed by atoms with E-state index in [9.17, 15) is 0 Å². The molecule has 0 bridgehead atoms. The van der Waals surface area contributed by atoms with Gasteiger partial charge in [-0.15, -0.1) is 22.7 Å². The first-order chi connectivity index (χ1) is 29.7. The van der Waals surface area contributed by atoms with Gasteiger partial charge in [-0.2, -0.15) is 0 Å². The number of benzene rings is 8. The molecule has 12 aromatic rings. The van der Waals surface area contributed by atoms with E-state index >= 15 is 0 Å². The summed E-state index contributed by atoms with van der Waals surface area (Å²) in [6.45, 7) is 0. The molecule has 0 amide bonds. The number of fused-ring (bicyclic) bond motifs is 8. The highest BCUT2D eigenvalue weighted by molar-refractivity contribution is 7.27. The fourth-order valence-corrected chi connectivity index (χ4v) is 11.0. The average molecular weight is 800 g/mol. The lowest BCUT2D eigenvalue weighted by Crippen LogP contribution is -1.96. The van der Waals surface area contributed by atoms with E-state index in [-0.39, 0.29) is 0 Å². The van der Waals surface area contributed by atoms with Crippen molar-refractivity contribution in [1.29, 1.82) is 0 Å². The predicted molar refractivity (Wildman–Crippen MR) is 256 cm³/mol. The highest BCUT2D eigenvalue weighted by atomic mass is 32.1. The van der Waals surface area contributed by atoms with Crippen molar-refractivity contribution >= 4 is 73.9 Å². The number of hydrogen-bond acceptors (Lipinski definition) is 5. The zero-order valence-electron chi connectivity index (χ0n) is 32.2.